The first-order valence-corrected chi connectivity index (χ1v) is 6.87. The van der Waals surface area contributed by atoms with Gasteiger partial charge in [0.15, 0.2) is 5.75 Å². The van der Waals surface area contributed by atoms with Crippen molar-refractivity contribution in [1.29, 1.82) is 0 Å². The Labute approximate surface area is 114 Å². The van der Waals surface area contributed by atoms with Crippen LogP contribution in [0.5, 0.6) is 17.2 Å². The molecule has 20 heavy (non-hydrogen) atoms. The van der Waals surface area contributed by atoms with Gasteiger partial charge >= 0.3 is 8.25 Å². The van der Waals surface area contributed by atoms with Crippen LogP contribution in [0.4, 0.5) is 0 Å². The molecule has 0 aliphatic heterocycles. The van der Waals surface area contributed by atoms with Crippen molar-refractivity contribution in [3.63, 3.8) is 0 Å². The van der Waals surface area contributed by atoms with Crippen molar-refractivity contribution in [2.75, 3.05) is 0 Å². The monoisotopic (exact) mass is 288 g/mol. The van der Waals surface area contributed by atoms with E-state index >= 15 is 0 Å². The first-order valence-electron chi connectivity index (χ1n) is 5.77. The summed E-state index contributed by atoms with van der Waals surface area (Å²) in [4.78, 5) is 10.7. The normalized spacial score (nSPS) is 11.8. The number of phenols is 2. The molecular formula is C14H9O5P. The van der Waals surface area contributed by atoms with Crippen molar-refractivity contribution in [3.8, 4) is 17.2 Å². The largest absolute Gasteiger partial charge is 0.558 e. The summed E-state index contributed by atoms with van der Waals surface area (Å²) in [5.41, 5.74) is 0. The maximum Gasteiger partial charge on any atom is 0.539 e. The summed E-state index contributed by atoms with van der Waals surface area (Å²) in [5, 5.41) is 22.0. The predicted octanol–water partition coefficient (Wildman–Crippen LogP) is 2.80. The molecule has 0 bridgehead atoms. The third-order valence-corrected chi connectivity index (χ3v) is 3.47. The summed E-state index contributed by atoms with van der Waals surface area (Å²) in [6.45, 7) is 0. The maximum absolute atomic E-state index is 10.7. The van der Waals surface area contributed by atoms with Crippen LogP contribution in [0, 0.1) is 0 Å². The van der Waals surface area contributed by atoms with Gasteiger partial charge in [-0.05, 0) is 10.6 Å². The summed E-state index contributed by atoms with van der Waals surface area (Å²) in [6, 6.07) is 11.3. The molecule has 1 atom stereocenters. The van der Waals surface area contributed by atoms with Gasteiger partial charge in [0.1, 0.15) is 11.5 Å². The molecule has 0 aromatic heterocycles. The van der Waals surface area contributed by atoms with E-state index in [1.165, 1.54) is 6.07 Å². The number of phenolic OH excluding ortho intramolecular Hbond substituents is 2. The lowest BCUT2D eigenvalue weighted by Crippen LogP contribution is -1.94. The molecule has 0 spiro atoms. The second-order valence-electron chi connectivity index (χ2n) is 4.24. The second-order valence-corrected chi connectivity index (χ2v) is 4.87. The molecule has 0 aliphatic carbocycles. The van der Waals surface area contributed by atoms with E-state index in [0.29, 0.717) is 16.2 Å². The van der Waals surface area contributed by atoms with Gasteiger partial charge in [-0.1, -0.05) is 36.4 Å². The van der Waals surface area contributed by atoms with E-state index in [1.54, 1.807) is 36.4 Å². The summed E-state index contributed by atoms with van der Waals surface area (Å²) in [6.07, 6.45) is 0. The number of fused-ring (bicyclic) bond motifs is 2. The molecular weight excluding hydrogens is 279 g/mol. The van der Waals surface area contributed by atoms with Crippen molar-refractivity contribution >= 4 is 29.8 Å². The van der Waals surface area contributed by atoms with Gasteiger partial charge in [0.05, 0.1) is 5.39 Å². The van der Waals surface area contributed by atoms with Crippen LogP contribution in [0.25, 0.3) is 21.5 Å². The smallest absolute Gasteiger partial charge is 0.539 e. The molecule has 0 heterocycles. The third kappa shape index (κ3) is 1.84. The predicted molar refractivity (Wildman–Crippen MR) is 73.0 cm³/mol. The highest BCUT2D eigenvalue weighted by Gasteiger charge is 2.18. The van der Waals surface area contributed by atoms with Crippen molar-refractivity contribution in [3.05, 3.63) is 42.5 Å². The van der Waals surface area contributed by atoms with Crippen LogP contribution in [0.2, 0.25) is 0 Å². The topological polar surface area (TPSA) is 89.8 Å². The Morgan fingerprint density at radius 1 is 0.900 bits per heavy atom. The summed E-state index contributed by atoms with van der Waals surface area (Å²) < 4.78 is 15.4. The average molecular weight is 288 g/mol. The van der Waals surface area contributed by atoms with Crippen LogP contribution in [0.1, 0.15) is 0 Å². The van der Waals surface area contributed by atoms with Crippen LogP contribution in [0.3, 0.4) is 0 Å². The lowest BCUT2D eigenvalue weighted by Gasteiger charge is -2.10. The fourth-order valence-electron chi connectivity index (χ4n) is 2.30. The number of benzene rings is 3. The van der Waals surface area contributed by atoms with Gasteiger partial charge in [-0.3, -0.25) is 4.52 Å². The highest BCUT2D eigenvalue weighted by molar-refractivity contribution is 7.31. The first-order chi connectivity index (χ1) is 9.59. The minimum absolute atomic E-state index is 0.0165. The fourth-order valence-corrected chi connectivity index (χ4v) is 2.62. The molecule has 6 heteroatoms. The molecule has 1 unspecified atom stereocenters. The van der Waals surface area contributed by atoms with Gasteiger partial charge in [0, 0.05) is 16.2 Å². The van der Waals surface area contributed by atoms with Gasteiger partial charge in [0.2, 0.25) is 0 Å². The van der Waals surface area contributed by atoms with Gasteiger partial charge in [-0.15, -0.1) is 0 Å². The molecule has 0 saturated carbocycles. The number of hydrogen-bond donors (Lipinski definition) is 2. The lowest BCUT2D eigenvalue weighted by atomic mass is 10.0. The van der Waals surface area contributed by atoms with Crippen LogP contribution in [-0.2, 0) is 4.57 Å². The number of hydrogen-bond acceptors (Lipinski definition) is 5. The molecule has 5 nitrogen and oxygen atoms in total. The summed E-state index contributed by atoms with van der Waals surface area (Å²) >= 11 is 0. The lowest BCUT2D eigenvalue weighted by molar-refractivity contribution is -0.178. The molecule has 0 saturated heterocycles. The van der Waals surface area contributed by atoms with E-state index in [-0.39, 0.29) is 22.6 Å². The molecule has 2 N–H and O–H groups in total. The van der Waals surface area contributed by atoms with Crippen molar-refractivity contribution in [1.82, 2.24) is 0 Å². The van der Waals surface area contributed by atoms with Crippen LogP contribution >= 0.6 is 8.25 Å². The minimum Gasteiger partial charge on any atom is -0.558 e. The van der Waals surface area contributed by atoms with E-state index in [2.05, 4.69) is 0 Å². The Bertz CT molecular complexity index is 844. The van der Waals surface area contributed by atoms with E-state index in [1.807, 2.05) is 0 Å². The van der Waals surface area contributed by atoms with E-state index < -0.39 is 8.25 Å². The first kappa shape index (κ1) is 12.7. The maximum atomic E-state index is 10.7. The van der Waals surface area contributed by atoms with Crippen LogP contribution in [-0.4, -0.2) is 10.2 Å². The molecule has 3 rings (SSSR count). The quantitative estimate of drug-likeness (QED) is 0.430. The van der Waals surface area contributed by atoms with Gasteiger partial charge in [-0.2, -0.15) is 0 Å². The average Bonchev–Trinajstić information content (AvgIpc) is 2.44. The van der Waals surface area contributed by atoms with E-state index in [0.717, 1.165) is 0 Å². The molecule has 0 amide bonds. The summed E-state index contributed by atoms with van der Waals surface area (Å²) in [7, 11) is -3.11. The molecule has 0 aliphatic rings. The molecule has 3 aromatic carbocycles. The van der Waals surface area contributed by atoms with Gasteiger partial charge < -0.3 is 15.1 Å². The molecule has 0 fully saturated rings. The van der Waals surface area contributed by atoms with Gasteiger partial charge in [-0.25, -0.2) is 0 Å². The van der Waals surface area contributed by atoms with E-state index in [9.17, 15) is 19.7 Å². The number of aromatic hydroxyl groups is 2. The van der Waals surface area contributed by atoms with Crippen LogP contribution in [0.15, 0.2) is 42.5 Å². The Balaban J connectivity index is 2.49. The number of rotatable bonds is 2. The zero-order chi connectivity index (χ0) is 14.3. The zero-order valence-electron chi connectivity index (χ0n) is 10.1. The molecule has 3 aromatic rings. The third-order valence-electron chi connectivity index (χ3n) is 3.13. The van der Waals surface area contributed by atoms with Crippen molar-refractivity contribution < 1.29 is 24.2 Å². The highest BCUT2D eigenvalue weighted by atomic mass is 31.1. The van der Waals surface area contributed by atoms with Crippen molar-refractivity contribution in [2.45, 2.75) is 0 Å². The Morgan fingerprint density at radius 2 is 1.50 bits per heavy atom. The zero-order valence-corrected chi connectivity index (χ0v) is 11.0. The van der Waals surface area contributed by atoms with E-state index in [4.69, 9.17) is 4.52 Å². The Morgan fingerprint density at radius 3 is 2.15 bits per heavy atom. The Kier molecular flexibility index (Phi) is 2.93. The standard InChI is InChI=1S/C14H9O5P/c15-13-8-4-1-2-5-9(8)14(16)12-10(13)6-3-7-11(12)19-20(17)18/h1-7,15-16H. The highest BCUT2D eigenvalue weighted by Crippen LogP contribution is 2.45. The Hall–Kier alpha value is -2.36. The van der Waals surface area contributed by atoms with Crippen molar-refractivity contribution in [2.24, 2.45) is 0 Å². The minimum atomic E-state index is -3.11. The molecule has 100 valence electrons. The fraction of sp³-hybridized carbons (Fsp3) is 0. The van der Waals surface area contributed by atoms with Crippen LogP contribution < -0.4 is 9.42 Å². The van der Waals surface area contributed by atoms with Gasteiger partial charge in [0.25, 0.3) is 0 Å². The molecule has 0 radical (unpaired) electrons. The summed E-state index contributed by atoms with van der Waals surface area (Å²) in [5.74, 6) is -0.169. The SMILES string of the molecule is O=[P+]([O-])Oc1cccc2c(O)c3ccccc3c(O)c12. The second kappa shape index (κ2) is 4.63.